The minimum absolute atomic E-state index is 0.163. The molecule has 1 aromatic carbocycles. The van der Waals surface area contributed by atoms with Gasteiger partial charge in [0, 0.05) is 6.08 Å². The van der Waals surface area contributed by atoms with E-state index in [1.165, 1.54) is 6.08 Å². The van der Waals surface area contributed by atoms with Crippen LogP contribution in [0.3, 0.4) is 0 Å². The molecule has 0 aromatic heterocycles. The number of sulfonamides is 1. The van der Waals surface area contributed by atoms with E-state index in [2.05, 4.69) is 0 Å². The van der Waals surface area contributed by atoms with Gasteiger partial charge in [-0.2, -0.15) is 0 Å². The second-order valence-electron chi connectivity index (χ2n) is 4.67. The van der Waals surface area contributed by atoms with Gasteiger partial charge in [0.25, 0.3) is 15.9 Å². The van der Waals surface area contributed by atoms with Gasteiger partial charge >= 0.3 is 0 Å². The number of benzene rings is 1. The SMILES string of the molecule is CCCC1C=CC(=O)N1S(=O)(=O)c1ccc(C)cc1. The molecule has 1 amide bonds. The molecule has 0 saturated carbocycles. The van der Waals surface area contributed by atoms with E-state index in [-0.39, 0.29) is 10.9 Å². The molecule has 0 spiro atoms. The highest BCUT2D eigenvalue weighted by Gasteiger charge is 2.36. The average molecular weight is 279 g/mol. The largest absolute Gasteiger partial charge is 0.269 e. The van der Waals surface area contributed by atoms with Gasteiger partial charge in [0.15, 0.2) is 0 Å². The van der Waals surface area contributed by atoms with Gasteiger partial charge in [0.05, 0.1) is 10.9 Å². The predicted octanol–water partition coefficient (Wildman–Crippen LogP) is 2.25. The maximum Gasteiger partial charge on any atom is 0.267 e. The fourth-order valence-electron chi connectivity index (χ4n) is 2.14. The number of carbonyl (C=O) groups excluding carboxylic acids is 1. The molecule has 2 rings (SSSR count). The first-order chi connectivity index (χ1) is 8.96. The van der Waals surface area contributed by atoms with Crippen LogP contribution in [-0.4, -0.2) is 24.7 Å². The minimum Gasteiger partial charge on any atom is -0.269 e. The van der Waals surface area contributed by atoms with Gasteiger partial charge in [0.1, 0.15) is 0 Å². The van der Waals surface area contributed by atoms with Crippen LogP contribution >= 0.6 is 0 Å². The van der Waals surface area contributed by atoms with Crippen molar-refractivity contribution in [1.29, 1.82) is 0 Å². The number of hydrogen-bond donors (Lipinski definition) is 0. The summed E-state index contributed by atoms with van der Waals surface area (Å²) in [7, 11) is -3.75. The van der Waals surface area contributed by atoms with Crippen molar-refractivity contribution in [2.24, 2.45) is 0 Å². The van der Waals surface area contributed by atoms with Crippen molar-refractivity contribution in [3.63, 3.8) is 0 Å². The Labute approximate surface area is 113 Å². The van der Waals surface area contributed by atoms with Crippen LogP contribution in [0.15, 0.2) is 41.3 Å². The number of amides is 1. The van der Waals surface area contributed by atoms with Gasteiger partial charge in [-0.05, 0) is 25.5 Å². The van der Waals surface area contributed by atoms with Gasteiger partial charge in [0.2, 0.25) is 0 Å². The summed E-state index contributed by atoms with van der Waals surface area (Å²) in [6.45, 7) is 3.85. The molecular weight excluding hydrogens is 262 g/mol. The highest BCUT2D eigenvalue weighted by atomic mass is 32.2. The summed E-state index contributed by atoms with van der Waals surface area (Å²) >= 11 is 0. The van der Waals surface area contributed by atoms with Crippen molar-refractivity contribution in [2.75, 3.05) is 0 Å². The topological polar surface area (TPSA) is 54.5 Å². The normalized spacial score (nSPS) is 19.2. The molecule has 0 radical (unpaired) electrons. The number of carbonyl (C=O) groups is 1. The molecule has 0 saturated heterocycles. The smallest absolute Gasteiger partial charge is 0.267 e. The zero-order chi connectivity index (χ0) is 14.0. The van der Waals surface area contributed by atoms with Crippen LogP contribution in [0.4, 0.5) is 0 Å². The Morgan fingerprint density at radius 1 is 1.21 bits per heavy atom. The third-order valence-electron chi connectivity index (χ3n) is 3.14. The fraction of sp³-hybridized carbons (Fsp3) is 0.357. The summed E-state index contributed by atoms with van der Waals surface area (Å²) in [4.78, 5) is 12.0. The Balaban J connectivity index is 2.38. The Morgan fingerprint density at radius 2 is 1.84 bits per heavy atom. The summed E-state index contributed by atoms with van der Waals surface area (Å²) in [5, 5.41) is 0. The summed E-state index contributed by atoms with van der Waals surface area (Å²) in [6, 6.07) is 6.19. The number of rotatable bonds is 4. The molecule has 0 aliphatic carbocycles. The molecular formula is C14H17NO3S. The predicted molar refractivity (Wildman–Crippen MR) is 73.0 cm³/mol. The van der Waals surface area contributed by atoms with Crippen LogP contribution in [0.1, 0.15) is 25.3 Å². The van der Waals surface area contributed by atoms with Crippen molar-refractivity contribution >= 4 is 15.9 Å². The summed E-state index contributed by atoms with van der Waals surface area (Å²) in [5.41, 5.74) is 0.981. The summed E-state index contributed by atoms with van der Waals surface area (Å²) in [6.07, 6.45) is 4.47. The van der Waals surface area contributed by atoms with E-state index in [9.17, 15) is 13.2 Å². The molecule has 1 atom stereocenters. The lowest BCUT2D eigenvalue weighted by Gasteiger charge is -2.24. The first-order valence-electron chi connectivity index (χ1n) is 6.30. The van der Waals surface area contributed by atoms with E-state index >= 15 is 0 Å². The van der Waals surface area contributed by atoms with E-state index in [0.717, 1.165) is 16.3 Å². The molecule has 1 aliphatic rings. The maximum atomic E-state index is 12.5. The van der Waals surface area contributed by atoms with Crippen LogP contribution in [0.5, 0.6) is 0 Å². The third kappa shape index (κ3) is 2.56. The van der Waals surface area contributed by atoms with Crippen LogP contribution in [0.25, 0.3) is 0 Å². The van der Waals surface area contributed by atoms with Crippen molar-refractivity contribution in [2.45, 2.75) is 37.6 Å². The van der Waals surface area contributed by atoms with Crippen LogP contribution in [0.2, 0.25) is 0 Å². The lowest BCUT2D eigenvalue weighted by Crippen LogP contribution is -2.39. The van der Waals surface area contributed by atoms with E-state index in [4.69, 9.17) is 0 Å². The standard InChI is InChI=1S/C14H17NO3S/c1-3-4-12-7-10-14(16)15(12)19(17,18)13-8-5-11(2)6-9-13/h5-10,12H,3-4H2,1-2H3. The van der Waals surface area contributed by atoms with Gasteiger partial charge in [-0.25, -0.2) is 12.7 Å². The van der Waals surface area contributed by atoms with Gasteiger partial charge in [-0.3, -0.25) is 4.79 Å². The van der Waals surface area contributed by atoms with Gasteiger partial charge in [-0.1, -0.05) is 37.1 Å². The summed E-state index contributed by atoms with van der Waals surface area (Å²) < 4.78 is 26.0. The molecule has 1 heterocycles. The molecule has 5 heteroatoms. The van der Waals surface area contributed by atoms with Gasteiger partial charge in [-0.15, -0.1) is 0 Å². The Morgan fingerprint density at radius 3 is 2.42 bits per heavy atom. The van der Waals surface area contributed by atoms with E-state index < -0.39 is 15.9 Å². The Bertz CT molecular complexity index is 602. The van der Waals surface area contributed by atoms with E-state index in [0.29, 0.717) is 6.42 Å². The first kappa shape index (κ1) is 13.8. The lowest BCUT2D eigenvalue weighted by molar-refractivity contribution is -0.121. The highest BCUT2D eigenvalue weighted by molar-refractivity contribution is 7.89. The Kier molecular flexibility index (Phi) is 3.75. The monoisotopic (exact) mass is 279 g/mol. The lowest BCUT2D eigenvalue weighted by atomic mass is 10.2. The molecule has 1 aromatic rings. The van der Waals surface area contributed by atoms with Crippen LogP contribution in [0, 0.1) is 6.92 Å². The molecule has 1 aliphatic heterocycles. The van der Waals surface area contributed by atoms with E-state index in [1.54, 1.807) is 30.3 Å². The zero-order valence-electron chi connectivity index (χ0n) is 11.0. The number of aryl methyl sites for hydroxylation is 1. The van der Waals surface area contributed by atoms with Crippen molar-refractivity contribution in [3.8, 4) is 0 Å². The average Bonchev–Trinajstić information content (AvgIpc) is 2.72. The third-order valence-corrected chi connectivity index (χ3v) is 4.98. The second kappa shape index (κ2) is 5.17. The molecule has 0 N–H and O–H groups in total. The van der Waals surface area contributed by atoms with E-state index in [1.807, 2.05) is 13.8 Å². The first-order valence-corrected chi connectivity index (χ1v) is 7.74. The minimum atomic E-state index is -3.75. The summed E-state index contributed by atoms with van der Waals surface area (Å²) in [5.74, 6) is -0.459. The molecule has 0 fully saturated rings. The van der Waals surface area contributed by atoms with Crippen molar-refractivity contribution < 1.29 is 13.2 Å². The zero-order valence-corrected chi connectivity index (χ0v) is 11.9. The Hall–Kier alpha value is -1.62. The van der Waals surface area contributed by atoms with Crippen LogP contribution < -0.4 is 0 Å². The number of nitrogens with zero attached hydrogens (tertiary/aromatic N) is 1. The van der Waals surface area contributed by atoms with Crippen molar-refractivity contribution in [1.82, 2.24) is 4.31 Å². The van der Waals surface area contributed by atoms with Gasteiger partial charge < -0.3 is 0 Å². The maximum absolute atomic E-state index is 12.5. The quantitative estimate of drug-likeness (QED) is 0.849. The molecule has 1 unspecified atom stereocenters. The molecule has 4 nitrogen and oxygen atoms in total. The van der Waals surface area contributed by atoms with Crippen LogP contribution in [-0.2, 0) is 14.8 Å². The number of hydrogen-bond acceptors (Lipinski definition) is 3. The molecule has 19 heavy (non-hydrogen) atoms. The fourth-order valence-corrected chi connectivity index (χ4v) is 3.68. The molecule has 0 bridgehead atoms. The van der Waals surface area contributed by atoms with Crippen molar-refractivity contribution in [3.05, 3.63) is 42.0 Å². The highest BCUT2D eigenvalue weighted by Crippen LogP contribution is 2.25. The second-order valence-corrected chi connectivity index (χ2v) is 6.48. The molecule has 102 valence electrons.